The van der Waals surface area contributed by atoms with Crippen LogP contribution in [0.4, 0.5) is 4.79 Å². The lowest BCUT2D eigenvalue weighted by molar-refractivity contribution is -0.137. The maximum absolute atomic E-state index is 12.9. The Labute approximate surface area is 185 Å². The molecule has 0 aliphatic carbocycles. The van der Waals surface area contributed by atoms with Crippen LogP contribution in [0.5, 0.6) is 0 Å². The number of nitrogens with zero attached hydrogens (tertiary/aromatic N) is 1. The molecule has 9 heteroatoms. The van der Waals surface area contributed by atoms with Crippen molar-refractivity contribution in [1.29, 1.82) is 0 Å². The van der Waals surface area contributed by atoms with E-state index in [9.17, 15) is 19.3 Å². The fraction of sp³-hybridized carbons (Fsp3) is 0.636. The van der Waals surface area contributed by atoms with Gasteiger partial charge < -0.3 is 23.8 Å². The molecule has 0 fully saturated rings. The number of hydrogen-bond acceptors (Lipinski definition) is 6. The molecule has 0 saturated heterocycles. The third-order valence-electron chi connectivity index (χ3n) is 4.31. The summed E-state index contributed by atoms with van der Waals surface area (Å²) in [5.74, 6) is -1.21. The minimum atomic E-state index is -3.76. The first-order valence-corrected chi connectivity index (χ1v) is 12.3. The highest BCUT2D eigenvalue weighted by atomic mass is 31.2. The molecule has 1 unspecified atom stereocenters. The van der Waals surface area contributed by atoms with Crippen LogP contribution < -0.4 is 0 Å². The van der Waals surface area contributed by atoms with E-state index in [1.54, 1.807) is 18.7 Å². The molecule has 31 heavy (non-hydrogen) atoms. The molecular formula is C22H36NO7P. The summed E-state index contributed by atoms with van der Waals surface area (Å²) in [6.45, 7) is 9.68. The van der Waals surface area contributed by atoms with Crippen molar-refractivity contribution >= 4 is 19.7 Å². The van der Waals surface area contributed by atoms with Crippen molar-refractivity contribution in [2.24, 2.45) is 0 Å². The van der Waals surface area contributed by atoms with E-state index in [2.05, 4.69) is 0 Å². The van der Waals surface area contributed by atoms with E-state index in [0.29, 0.717) is 25.9 Å². The number of unbranched alkanes of at least 4 members (excludes halogenated alkanes) is 1. The van der Waals surface area contributed by atoms with E-state index in [1.165, 1.54) is 0 Å². The number of hydrogen-bond donors (Lipinski definition) is 1. The Hall–Kier alpha value is -1.89. The predicted molar refractivity (Wildman–Crippen MR) is 119 cm³/mol. The van der Waals surface area contributed by atoms with Gasteiger partial charge >= 0.3 is 19.7 Å². The lowest BCUT2D eigenvalue weighted by atomic mass is 10.1. The number of carbonyl (C=O) groups excluding carboxylic acids is 1. The van der Waals surface area contributed by atoms with E-state index in [0.717, 1.165) is 5.56 Å². The van der Waals surface area contributed by atoms with Gasteiger partial charge in [-0.05, 0) is 53.0 Å². The Bertz CT molecular complexity index is 723. The topological polar surface area (TPSA) is 102 Å². The van der Waals surface area contributed by atoms with Gasteiger partial charge in [-0.25, -0.2) is 4.79 Å². The van der Waals surface area contributed by atoms with Crippen molar-refractivity contribution in [3.8, 4) is 0 Å². The molecule has 1 aromatic carbocycles. The second-order valence-electron chi connectivity index (χ2n) is 8.11. The molecule has 1 rings (SSSR count). The van der Waals surface area contributed by atoms with E-state index in [1.807, 2.05) is 51.1 Å². The zero-order valence-corrected chi connectivity index (χ0v) is 20.1. The molecule has 0 radical (unpaired) electrons. The van der Waals surface area contributed by atoms with Gasteiger partial charge in [-0.2, -0.15) is 0 Å². The number of carboxylic acids is 1. The van der Waals surface area contributed by atoms with Crippen LogP contribution in [-0.2, 0) is 29.7 Å². The van der Waals surface area contributed by atoms with Crippen molar-refractivity contribution in [1.82, 2.24) is 4.90 Å². The predicted octanol–water partition coefficient (Wildman–Crippen LogP) is 5.31. The third-order valence-corrected chi connectivity index (χ3v) is 6.79. The molecule has 176 valence electrons. The van der Waals surface area contributed by atoms with Crippen molar-refractivity contribution < 1.29 is 33.0 Å². The molecule has 0 aliphatic heterocycles. The SMILES string of the molecule is CCOP(=O)(OCC)C(CCCCN(Cc1ccccc1)C(=O)OC(C)(C)C)C(=O)O. The lowest BCUT2D eigenvalue weighted by Crippen LogP contribution is -2.37. The van der Waals surface area contributed by atoms with Crippen LogP contribution in [0.2, 0.25) is 0 Å². The lowest BCUT2D eigenvalue weighted by Gasteiger charge is -2.28. The first kappa shape index (κ1) is 27.1. The summed E-state index contributed by atoms with van der Waals surface area (Å²) in [5.41, 5.74) is -0.896. The van der Waals surface area contributed by atoms with E-state index < -0.39 is 30.9 Å². The van der Waals surface area contributed by atoms with Crippen molar-refractivity contribution in [3.63, 3.8) is 0 Å². The van der Waals surface area contributed by atoms with Gasteiger partial charge in [0.15, 0.2) is 5.66 Å². The van der Waals surface area contributed by atoms with Crippen LogP contribution in [0.1, 0.15) is 59.4 Å². The fourth-order valence-electron chi connectivity index (χ4n) is 3.00. The number of amides is 1. The van der Waals surface area contributed by atoms with Gasteiger partial charge in [0, 0.05) is 13.1 Å². The zero-order chi connectivity index (χ0) is 23.5. The van der Waals surface area contributed by atoms with E-state index >= 15 is 0 Å². The number of benzene rings is 1. The van der Waals surface area contributed by atoms with Crippen LogP contribution in [0.25, 0.3) is 0 Å². The highest BCUT2D eigenvalue weighted by molar-refractivity contribution is 7.55. The molecule has 0 heterocycles. The summed E-state index contributed by atoms with van der Waals surface area (Å²) >= 11 is 0. The van der Waals surface area contributed by atoms with Crippen molar-refractivity contribution in [3.05, 3.63) is 35.9 Å². The molecule has 0 aliphatic rings. The molecule has 1 N–H and O–H groups in total. The Morgan fingerprint density at radius 1 is 1.06 bits per heavy atom. The van der Waals surface area contributed by atoms with Gasteiger partial charge in [0.25, 0.3) is 0 Å². The minimum absolute atomic E-state index is 0.102. The number of carboxylic acid groups (broad SMARTS) is 1. The van der Waals surface area contributed by atoms with Crippen LogP contribution in [0.15, 0.2) is 30.3 Å². The van der Waals surface area contributed by atoms with E-state index in [4.69, 9.17) is 13.8 Å². The number of aliphatic carboxylic acids is 1. The molecule has 1 atom stereocenters. The molecule has 0 saturated carbocycles. The van der Waals surface area contributed by atoms with Gasteiger partial charge in [-0.1, -0.05) is 36.8 Å². The average molecular weight is 458 g/mol. The van der Waals surface area contributed by atoms with Gasteiger partial charge in [-0.3, -0.25) is 9.36 Å². The maximum Gasteiger partial charge on any atom is 0.410 e. The minimum Gasteiger partial charge on any atom is -0.481 e. The number of carbonyl (C=O) groups is 2. The summed E-state index contributed by atoms with van der Waals surface area (Å²) in [7, 11) is -3.76. The monoisotopic (exact) mass is 457 g/mol. The Morgan fingerprint density at radius 2 is 1.65 bits per heavy atom. The fourth-order valence-corrected chi connectivity index (χ4v) is 4.92. The van der Waals surface area contributed by atoms with Crippen molar-refractivity contribution in [2.75, 3.05) is 19.8 Å². The summed E-state index contributed by atoms with van der Waals surface area (Å²) in [6, 6.07) is 9.57. The van der Waals surface area contributed by atoms with Gasteiger partial charge in [-0.15, -0.1) is 0 Å². The summed E-state index contributed by atoms with van der Waals surface area (Å²) in [4.78, 5) is 26.0. The van der Waals surface area contributed by atoms with Gasteiger partial charge in [0.2, 0.25) is 0 Å². The summed E-state index contributed by atoms with van der Waals surface area (Å²) < 4.78 is 28.8. The molecule has 0 spiro atoms. The van der Waals surface area contributed by atoms with Crippen LogP contribution in [0, 0.1) is 0 Å². The van der Waals surface area contributed by atoms with Crippen LogP contribution in [0.3, 0.4) is 0 Å². The average Bonchev–Trinajstić information content (AvgIpc) is 2.66. The molecule has 8 nitrogen and oxygen atoms in total. The standard InChI is InChI=1S/C22H36NO7P/c1-6-28-31(27,29-7-2)19(20(24)25)15-11-12-16-23(21(26)30-22(3,4)5)17-18-13-9-8-10-14-18/h8-10,13-14,19H,6-7,11-12,15-17H2,1-5H3,(H,24,25). The summed E-state index contributed by atoms with van der Waals surface area (Å²) in [6.07, 6.45) is 0.657. The Morgan fingerprint density at radius 3 is 2.13 bits per heavy atom. The Balaban J connectivity index is 2.79. The van der Waals surface area contributed by atoms with Gasteiger partial charge in [0.1, 0.15) is 5.60 Å². The Kier molecular flexibility index (Phi) is 11.2. The van der Waals surface area contributed by atoms with E-state index in [-0.39, 0.29) is 19.6 Å². The summed E-state index contributed by atoms with van der Waals surface area (Å²) in [5, 5.41) is 9.56. The molecule has 1 amide bonds. The van der Waals surface area contributed by atoms with Crippen molar-refractivity contribution in [2.45, 2.75) is 71.7 Å². The van der Waals surface area contributed by atoms with Crippen LogP contribution in [-0.4, -0.2) is 53.1 Å². The molecule has 0 aromatic heterocycles. The number of ether oxygens (including phenoxy) is 1. The first-order valence-electron chi connectivity index (χ1n) is 10.7. The highest BCUT2D eigenvalue weighted by Crippen LogP contribution is 2.54. The first-order chi connectivity index (χ1) is 14.5. The highest BCUT2D eigenvalue weighted by Gasteiger charge is 2.40. The van der Waals surface area contributed by atoms with Gasteiger partial charge in [0.05, 0.1) is 13.2 Å². The smallest absolute Gasteiger partial charge is 0.410 e. The quantitative estimate of drug-likeness (QED) is 0.316. The third kappa shape index (κ3) is 9.85. The zero-order valence-electron chi connectivity index (χ0n) is 19.2. The number of rotatable bonds is 13. The normalized spacial score (nSPS) is 12.9. The second kappa shape index (κ2) is 12.8. The van der Waals surface area contributed by atoms with Crippen LogP contribution >= 0.6 is 7.60 Å². The molecular weight excluding hydrogens is 421 g/mol. The maximum atomic E-state index is 12.9. The molecule has 1 aromatic rings. The largest absolute Gasteiger partial charge is 0.481 e. The second-order valence-corrected chi connectivity index (χ2v) is 10.3. The molecule has 0 bridgehead atoms.